The van der Waals surface area contributed by atoms with Crippen molar-refractivity contribution in [1.29, 1.82) is 0 Å². The maximum Gasteiger partial charge on any atom is 0.230 e. The molecular formula is C18H24N2O2. The Labute approximate surface area is 131 Å². The van der Waals surface area contributed by atoms with E-state index in [0.29, 0.717) is 12.5 Å². The number of nitrogens with zero attached hydrogens (tertiary/aromatic N) is 1. The normalized spacial score (nSPS) is 28.9. The summed E-state index contributed by atoms with van der Waals surface area (Å²) in [6.07, 6.45) is 3.41. The van der Waals surface area contributed by atoms with Crippen LogP contribution in [-0.4, -0.2) is 31.6 Å². The monoisotopic (exact) mass is 300 g/mol. The highest BCUT2D eigenvalue weighted by Gasteiger charge is 2.59. The first-order valence-corrected chi connectivity index (χ1v) is 8.38. The predicted molar refractivity (Wildman–Crippen MR) is 86.3 cm³/mol. The summed E-state index contributed by atoms with van der Waals surface area (Å²) in [7, 11) is 0. The van der Waals surface area contributed by atoms with Crippen LogP contribution >= 0.6 is 0 Å². The van der Waals surface area contributed by atoms with Crippen LogP contribution in [0.2, 0.25) is 0 Å². The summed E-state index contributed by atoms with van der Waals surface area (Å²) in [5.74, 6) is 1.38. The van der Waals surface area contributed by atoms with Crippen molar-refractivity contribution in [3.05, 3.63) is 23.8 Å². The highest BCUT2D eigenvalue weighted by Crippen LogP contribution is 2.59. The Balaban J connectivity index is 1.59. The van der Waals surface area contributed by atoms with Crippen LogP contribution in [0.3, 0.4) is 0 Å². The van der Waals surface area contributed by atoms with Crippen molar-refractivity contribution in [2.75, 3.05) is 24.5 Å². The van der Waals surface area contributed by atoms with Crippen LogP contribution in [0.4, 0.5) is 5.69 Å². The van der Waals surface area contributed by atoms with Gasteiger partial charge in [-0.3, -0.25) is 4.79 Å². The van der Waals surface area contributed by atoms with Gasteiger partial charge in [0.2, 0.25) is 5.91 Å². The molecule has 1 saturated heterocycles. The molecule has 4 heteroatoms. The second kappa shape index (κ2) is 4.98. The molecule has 1 spiro atoms. The molecule has 0 radical (unpaired) electrons. The van der Waals surface area contributed by atoms with E-state index < -0.39 is 0 Å². The van der Waals surface area contributed by atoms with Crippen LogP contribution in [0.25, 0.3) is 0 Å². The Morgan fingerprint density at radius 3 is 2.91 bits per heavy atom. The fourth-order valence-corrected chi connectivity index (χ4v) is 4.12. The topological polar surface area (TPSA) is 41.6 Å². The van der Waals surface area contributed by atoms with Crippen molar-refractivity contribution < 1.29 is 9.53 Å². The van der Waals surface area contributed by atoms with Gasteiger partial charge in [0, 0.05) is 5.92 Å². The lowest BCUT2D eigenvalue weighted by Gasteiger charge is -2.34. The quantitative estimate of drug-likeness (QED) is 0.866. The minimum absolute atomic E-state index is 0.0565. The lowest BCUT2D eigenvalue weighted by atomic mass is 9.91. The zero-order valence-electron chi connectivity index (χ0n) is 13.4. The van der Waals surface area contributed by atoms with Gasteiger partial charge in [-0.25, -0.2) is 0 Å². The summed E-state index contributed by atoms with van der Waals surface area (Å²) in [4.78, 5) is 15.1. The van der Waals surface area contributed by atoms with Crippen molar-refractivity contribution in [1.82, 2.24) is 5.32 Å². The Kier molecular flexibility index (Phi) is 3.19. The predicted octanol–water partition coefficient (Wildman–Crippen LogP) is 2.50. The minimum Gasteiger partial charge on any atom is -0.487 e. The van der Waals surface area contributed by atoms with E-state index in [4.69, 9.17) is 4.74 Å². The molecule has 1 N–H and O–H groups in total. The van der Waals surface area contributed by atoms with E-state index in [-0.39, 0.29) is 17.4 Å². The van der Waals surface area contributed by atoms with Crippen LogP contribution in [0.1, 0.15) is 31.7 Å². The Bertz CT molecular complexity index is 607. The van der Waals surface area contributed by atoms with E-state index in [1.54, 1.807) is 0 Å². The van der Waals surface area contributed by atoms with Crippen LogP contribution in [-0.2, 0) is 4.79 Å². The Morgan fingerprint density at radius 2 is 2.14 bits per heavy atom. The summed E-state index contributed by atoms with van der Waals surface area (Å²) in [6, 6.07) is 6.13. The van der Waals surface area contributed by atoms with Gasteiger partial charge in [0.25, 0.3) is 0 Å². The first-order chi connectivity index (χ1) is 10.6. The summed E-state index contributed by atoms with van der Waals surface area (Å²) >= 11 is 0. The van der Waals surface area contributed by atoms with Gasteiger partial charge >= 0.3 is 0 Å². The molecule has 1 amide bonds. The van der Waals surface area contributed by atoms with Gasteiger partial charge in [-0.1, -0.05) is 6.07 Å². The van der Waals surface area contributed by atoms with Crippen molar-refractivity contribution in [2.45, 2.75) is 39.2 Å². The number of nitrogens with one attached hydrogen (secondary N) is 1. The van der Waals surface area contributed by atoms with Gasteiger partial charge in [0.1, 0.15) is 11.9 Å². The highest BCUT2D eigenvalue weighted by molar-refractivity contribution is 5.99. The van der Waals surface area contributed by atoms with E-state index in [2.05, 4.69) is 18.3 Å². The highest BCUT2D eigenvalue weighted by atomic mass is 16.5. The molecule has 1 aliphatic carbocycles. The molecule has 2 aliphatic heterocycles. The number of fused-ring (bicyclic) bond motifs is 1. The molecule has 1 saturated carbocycles. The average Bonchev–Trinajstić information content (AvgIpc) is 3.19. The molecule has 0 aromatic heterocycles. The first kappa shape index (κ1) is 14.1. The minimum atomic E-state index is 0.0565. The maximum absolute atomic E-state index is 13.1. The van der Waals surface area contributed by atoms with Crippen LogP contribution in [0, 0.1) is 18.3 Å². The van der Waals surface area contributed by atoms with E-state index in [1.165, 1.54) is 5.56 Å². The molecule has 4 nitrogen and oxygen atoms in total. The van der Waals surface area contributed by atoms with Crippen LogP contribution in [0.15, 0.2) is 18.2 Å². The zero-order chi connectivity index (χ0) is 15.3. The molecule has 2 heterocycles. The number of carbonyl (C=O) groups excluding carboxylic acids is 1. The van der Waals surface area contributed by atoms with Crippen molar-refractivity contribution in [3.8, 4) is 5.75 Å². The standard InChI is InChI=1S/C18H24N2O2/c1-12-3-4-15-16(9-12)22-13(2)11-20(15)17(21)14-10-18(14)5-7-19-8-6-18/h3-4,9,13-14,19H,5-8,10-11H2,1-2H3. The molecule has 22 heavy (non-hydrogen) atoms. The van der Waals surface area contributed by atoms with Gasteiger partial charge in [-0.05, 0) is 69.3 Å². The molecule has 1 aromatic rings. The van der Waals surface area contributed by atoms with Gasteiger partial charge in [-0.15, -0.1) is 0 Å². The second-order valence-corrected chi connectivity index (χ2v) is 7.22. The summed E-state index contributed by atoms with van der Waals surface area (Å²) in [6.45, 7) is 6.87. The third kappa shape index (κ3) is 2.21. The fraction of sp³-hybridized carbons (Fsp3) is 0.611. The molecule has 1 aromatic carbocycles. The SMILES string of the molecule is Cc1ccc2c(c1)OC(C)CN2C(=O)C1CC12CCNCC2. The largest absolute Gasteiger partial charge is 0.487 e. The van der Waals surface area contributed by atoms with Crippen LogP contribution in [0.5, 0.6) is 5.75 Å². The molecule has 2 atom stereocenters. The average molecular weight is 300 g/mol. The number of carbonyl (C=O) groups is 1. The Hall–Kier alpha value is -1.55. The van der Waals surface area contributed by atoms with E-state index >= 15 is 0 Å². The molecule has 2 fully saturated rings. The van der Waals surface area contributed by atoms with E-state index in [1.807, 2.05) is 24.0 Å². The van der Waals surface area contributed by atoms with Crippen molar-refractivity contribution in [3.63, 3.8) is 0 Å². The van der Waals surface area contributed by atoms with E-state index in [0.717, 1.165) is 43.8 Å². The lowest BCUT2D eigenvalue weighted by molar-refractivity contribution is -0.121. The fourth-order valence-electron chi connectivity index (χ4n) is 4.12. The first-order valence-electron chi connectivity index (χ1n) is 8.38. The number of anilines is 1. The molecule has 2 unspecified atom stereocenters. The maximum atomic E-state index is 13.1. The number of aryl methyl sites for hydroxylation is 1. The molecule has 0 bridgehead atoms. The number of hydrogen-bond donors (Lipinski definition) is 1. The van der Waals surface area contributed by atoms with Gasteiger partial charge in [0.05, 0.1) is 12.2 Å². The van der Waals surface area contributed by atoms with Crippen molar-refractivity contribution >= 4 is 11.6 Å². The van der Waals surface area contributed by atoms with Gasteiger partial charge in [-0.2, -0.15) is 0 Å². The second-order valence-electron chi connectivity index (χ2n) is 7.22. The molecule has 3 aliphatic rings. The number of ether oxygens (including phenoxy) is 1. The number of benzene rings is 1. The number of hydrogen-bond acceptors (Lipinski definition) is 3. The van der Waals surface area contributed by atoms with Gasteiger partial charge < -0.3 is 15.0 Å². The summed E-state index contributed by atoms with van der Waals surface area (Å²) < 4.78 is 5.93. The molecule has 4 rings (SSSR count). The molecule has 118 valence electrons. The zero-order valence-corrected chi connectivity index (χ0v) is 13.4. The van der Waals surface area contributed by atoms with Gasteiger partial charge in [0.15, 0.2) is 0 Å². The lowest BCUT2D eigenvalue weighted by Crippen LogP contribution is -2.44. The molecular weight excluding hydrogens is 276 g/mol. The third-order valence-corrected chi connectivity index (χ3v) is 5.53. The Morgan fingerprint density at radius 1 is 1.36 bits per heavy atom. The van der Waals surface area contributed by atoms with E-state index in [9.17, 15) is 4.79 Å². The number of rotatable bonds is 1. The number of piperidine rings is 1. The third-order valence-electron chi connectivity index (χ3n) is 5.53. The van der Waals surface area contributed by atoms with Crippen LogP contribution < -0.4 is 15.0 Å². The smallest absolute Gasteiger partial charge is 0.230 e. The number of amides is 1. The summed E-state index contributed by atoms with van der Waals surface area (Å²) in [5.41, 5.74) is 2.40. The van der Waals surface area contributed by atoms with Crippen molar-refractivity contribution in [2.24, 2.45) is 11.3 Å². The summed E-state index contributed by atoms with van der Waals surface area (Å²) in [5, 5.41) is 3.40.